The van der Waals surface area contributed by atoms with Crippen molar-refractivity contribution in [3.05, 3.63) is 77.6 Å². The Hall–Kier alpha value is -2.88. The van der Waals surface area contributed by atoms with Crippen LogP contribution in [0.2, 0.25) is 0 Å². The van der Waals surface area contributed by atoms with E-state index in [1.54, 1.807) is 6.20 Å². The molecule has 1 aromatic heterocycles. The summed E-state index contributed by atoms with van der Waals surface area (Å²) in [7, 11) is 0. The second-order valence-corrected chi connectivity index (χ2v) is 6.25. The molecule has 2 aromatic carbocycles. The van der Waals surface area contributed by atoms with Crippen molar-refractivity contribution in [3.8, 4) is 5.69 Å². The van der Waals surface area contributed by atoms with E-state index in [4.69, 9.17) is 0 Å². The maximum atomic E-state index is 13.2. The monoisotopic (exact) mass is 317 g/mol. The molecule has 2 heterocycles. The molecule has 120 valence electrons. The van der Waals surface area contributed by atoms with E-state index in [9.17, 15) is 4.79 Å². The molecule has 4 rings (SSSR count). The zero-order valence-corrected chi connectivity index (χ0v) is 13.8. The molecular weight excluding hydrogens is 298 g/mol. The number of hydrogen-bond acceptors (Lipinski definition) is 2. The number of anilines is 1. The van der Waals surface area contributed by atoms with E-state index < -0.39 is 0 Å². The first-order valence-corrected chi connectivity index (χ1v) is 8.18. The Labute approximate surface area is 141 Å². The summed E-state index contributed by atoms with van der Waals surface area (Å²) in [6, 6.07) is 18.2. The van der Waals surface area contributed by atoms with Crippen molar-refractivity contribution < 1.29 is 4.79 Å². The lowest BCUT2D eigenvalue weighted by molar-refractivity contribution is 0.0981. The van der Waals surface area contributed by atoms with Gasteiger partial charge in [0.2, 0.25) is 0 Å². The number of nitrogens with zero attached hydrogens (tertiary/aromatic N) is 3. The van der Waals surface area contributed by atoms with Crippen molar-refractivity contribution >= 4 is 11.6 Å². The molecule has 0 saturated heterocycles. The molecule has 1 amide bonds. The van der Waals surface area contributed by atoms with Gasteiger partial charge in [0.15, 0.2) is 0 Å². The van der Waals surface area contributed by atoms with E-state index >= 15 is 0 Å². The summed E-state index contributed by atoms with van der Waals surface area (Å²) in [4.78, 5) is 15.1. The maximum Gasteiger partial charge on any atom is 0.262 e. The Morgan fingerprint density at radius 2 is 1.79 bits per heavy atom. The van der Waals surface area contributed by atoms with Crippen LogP contribution in [0.5, 0.6) is 0 Å². The lowest BCUT2D eigenvalue weighted by atomic mass is 10.1. The predicted octanol–water partition coefficient (Wildman–Crippen LogP) is 3.77. The molecule has 24 heavy (non-hydrogen) atoms. The van der Waals surface area contributed by atoms with Crippen LogP contribution in [0.25, 0.3) is 5.69 Å². The van der Waals surface area contributed by atoms with Gasteiger partial charge in [-0.1, -0.05) is 36.4 Å². The van der Waals surface area contributed by atoms with Gasteiger partial charge in [0.05, 0.1) is 23.1 Å². The van der Waals surface area contributed by atoms with Crippen LogP contribution in [0.3, 0.4) is 0 Å². The minimum Gasteiger partial charge on any atom is -0.305 e. The van der Waals surface area contributed by atoms with E-state index in [1.165, 1.54) is 5.56 Å². The summed E-state index contributed by atoms with van der Waals surface area (Å²) in [5.41, 5.74) is 4.72. The number of aromatic nitrogens is 2. The van der Waals surface area contributed by atoms with Crippen LogP contribution in [-0.4, -0.2) is 21.7 Å². The number of hydrogen-bond donors (Lipinski definition) is 0. The van der Waals surface area contributed by atoms with Crippen LogP contribution < -0.4 is 4.90 Å². The Morgan fingerprint density at radius 1 is 1.08 bits per heavy atom. The molecule has 0 fully saturated rings. The van der Waals surface area contributed by atoms with Gasteiger partial charge >= 0.3 is 0 Å². The molecule has 0 radical (unpaired) electrons. The normalized spacial score (nSPS) is 16.2. The molecule has 0 bridgehead atoms. The number of rotatable bonds is 2. The van der Waals surface area contributed by atoms with Crippen molar-refractivity contribution in [3.63, 3.8) is 0 Å². The van der Waals surface area contributed by atoms with Crippen LogP contribution in [-0.2, 0) is 6.42 Å². The first-order valence-electron chi connectivity index (χ1n) is 8.18. The molecule has 1 aliphatic heterocycles. The molecule has 0 saturated carbocycles. The zero-order chi connectivity index (χ0) is 16.7. The van der Waals surface area contributed by atoms with E-state index in [-0.39, 0.29) is 11.9 Å². The standard InChI is InChI=1S/C20H19N3O/c1-14-12-16-8-6-7-11-19(16)22(14)20(24)18-13-21-23(15(18)2)17-9-4-3-5-10-17/h3-11,13-14H,12H2,1-2H3. The van der Waals surface area contributed by atoms with Crippen LogP contribution in [0.15, 0.2) is 60.8 Å². The molecule has 4 nitrogen and oxygen atoms in total. The highest BCUT2D eigenvalue weighted by Gasteiger charge is 2.32. The van der Waals surface area contributed by atoms with Crippen LogP contribution in [0.4, 0.5) is 5.69 Å². The summed E-state index contributed by atoms with van der Waals surface area (Å²) in [6.07, 6.45) is 2.58. The third-order valence-electron chi connectivity index (χ3n) is 4.67. The third kappa shape index (κ3) is 2.22. The van der Waals surface area contributed by atoms with Crippen LogP contribution >= 0.6 is 0 Å². The highest BCUT2D eigenvalue weighted by molar-refractivity contribution is 6.08. The van der Waals surface area contributed by atoms with Gasteiger partial charge in [0.1, 0.15) is 0 Å². The average Bonchev–Trinajstić information content (AvgIpc) is 3.14. The predicted molar refractivity (Wildman–Crippen MR) is 94.7 cm³/mol. The van der Waals surface area contributed by atoms with Crippen molar-refractivity contribution in [2.24, 2.45) is 0 Å². The third-order valence-corrected chi connectivity index (χ3v) is 4.67. The number of fused-ring (bicyclic) bond motifs is 1. The molecule has 0 aliphatic carbocycles. The summed E-state index contributed by atoms with van der Waals surface area (Å²) in [5.74, 6) is 0.0205. The van der Waals surface area contributed by atoms with Crippen molar-refractivity contribution in [1.29, 1.82) is 0 Å². The minimum absolute atomic E-state index is 0.0205. The van der Waals surface area contributed by atoms with Gasteiger partial charge in [0, 0.05) is 11.7 Å². The Morgan fingerprint density at radius 3 is 2.58 bits per heavy atom. The van der Waals surface area contributed by atoms with Gasteiger partial charge < -0.3 is 4.90 Å². The van der Waals surface area contributed by atoms with E-state index in [1.807, 2.05) is 65.0 Å². The van der Waals surface area contributed by atoms with Gasteiger partial charge in [-0.15, -0.1) is 0 Å². The summed E-state index contributed by atoms with van der Waals surface area (Å²) >= 11 is 0. The lowest BCUT2D eigenvalue weighted by Crippen LogP contribution is -2.36. The quantitative estimate of drug-likeness (QED) is 0.721. The molecule has 0 N–H and O–H groups in total. The highest BCUT2D eigenvalue weighted by atomic mass is 16.2. The molecule has 1 unspecified atom stereocenters. The van der Waals surface area contributed by atoms with Gasteiger partial charge in [-0.3, -0.25) is 4.79 Å². The molecule has 3 aromatic rings. The second-order valence-electron chi connectivity index (χ2n) is 6.25. The van der Waals surface area contributed by atoms with Crippen LogP contribution in [0, 0.1) is 6.92 Å². The number of amides is 1. The van der Waals surface area contributed by atoms with Gasteiger partial charge in [-0.05, 0) is 44.0 Å². The van der Waals surface area contributed by atoms with Gasteiger partial charge in [-0.25, -0.2) is 4.68 Å². The second kappa shape index (κ2) is 5.64. The highest BCUT2D eigenvalue weighted by Crippen LogP contribution is 2.33. The number of carbonyl (C=O) groups is 1. The average molecular weight is 317 g/mol. The lowest BCUT2D eigenvalue weighted by Gasteiger charge is -2.22. The number of para-hydroxylation sites is 2. The fourth-order valence-corrected chi connectivity index (χ4v) is 3.45. The molecule has 0 spiro atoms. The number of carbonyl (C=O) groups excluding carboxylic acids is 1. The first kappa shape index (κ1) is 14.7. The first-order chi connectivity index (χ1) is 11.7. The summed E-state index contributed by atoms with van der Waals surface area (Å²) in [5, 5.41) is 4.43. The van der Waals surface area contributed by atoms with Crippen molar-refractivity contribution in [2.45, 2.75) is 26.3 Å². The Bertz CT molecular complexity index is 898. The van der Waals surface area contributed by atoms with E-state index in [2.05, 4.69) is 18.1 Å². The Kier molecular flexibility index (Phi) is 3.45. The SMILES string of the molecule is Cc1c(C(=O)N2c3ccccc3CC2C)cnn1-c1ccccc1. The Balaban J connectivity index is 1.73. The van der Waals surface area contributed by atoms with E-state index in [0.29, 0.717) is 5.56 Å². The maximum absolute atomic E-state index is 13.2. The summed E-state index contributed by atoms with van der Waals surface area (Å²) < 4.78 is 1.82. The summed E-state index contributed by atoms with van der Waals surface area (Å²) in [6.45, 7) is 4.04. The zero-order valence-electron chi connectivity index (χ0n) is 13.8. The fourth-order valence-electron chi connectivity index (χ4n) is 3.45. The topological polar surface area (TPSA) is 38.1 Å². The fraction of sp³-hybridized carbons (Fsp3) is 0.200. The van der Waals surface area contributed by atoms with Crippen molar-refractivity contribution in [2.75, 3.05) is 4.90 Å². The molecular formula is C20H19N3O. The number of benzene rings is 2. The van der Waals surface area contributed by atoms with Crippen molar-refractivity contribution in [1.82, 2.24) is 9.78 Å². The van der Waals surface area contributed by atoms with E-state index in [0.717, 1.165) is 23.5 Å². The van der Waals surface area contributed by atoms with Gasteiger partial charge in [0.25, 0.3) is 5.91 Å². The minimum atomic E-state index is 0.0205. The molecule has 4 heteroatoms. The largest absolute Gasteiger partial charge is 0.305 e. The van der Waals surface area contributed by atoms with Gasteiger partial charge in [-0.2, -0.15) is 5.10 Å². The smallest absolute Gasteiger partial charge is 0.262 e. The molecule has 1 atom stereocenters. The van der Waals surface area contributed by atoms with Crippen LogP contribution in [0.1, 0.15) is 28.5 Å². The molecule has 1 aliphatic rings.